The van der Waals surface area contributed by atoms with Crippen molar-refractivity contribution in [1.29, 1.82) is 0 Å². The molecule has 3 aliphatic rings. The highest BCUT2D eigenvalue weighted by Gasteiger charge is 2.56. The second kappa shape index (κ2) is 15.8. The number of carboxylic acid groups (broad SMARTS) is 1. The van der Waals surface area contributed by atoms with Crippen LogP contribution in [-0.2, 0) is 19.1 Å². The van der Waals surface area contributed by atoms with Gasteiger partial charge in [0.25, 0.3) is 0 Å². The third-order valence-corrected chi connectivity index (χ3v) is 10.5. The number of carboxylic acids is 1. The molecule has 3 N–H and O–H groups in total. The molecule has 0 spiro atoms. The lowest BCUT2D eigenvalue weighted by Gasteiger charge is -2.38. The van der Waals surface area contributed by atoms with Gasteiger partial charge in [0, 0.05) is 55.7 Å². The van der Waals surface area contributed by atoms with Crippen molar-refractivity contribution < 1.29 is 38.1 Å². The van der Waals surface area contributed by atoms with Gasteiger partial charge in [0.1, 0.15) is 35.1 Å². The number of benzene rings is 3. The Morgan fingerprint density at radius 1 is 0.868 bits per heavy atom. The number of carbonyl (C=O) groups excluding carboxylic acids is 2. The molecule has 3 heterocycles. The Bertz CT molecular complexity index is 1940. The smallest absolute Gasteiger partial charge is 0.329 e. The third kappa shape index (κ3) is 8.52. The van der Waals surface area contributed by atoms with Crippen molar-refractivity contribution >= 4 is 45.7 Å². The summed E-state index contributed by atoms with van der Waals surface area (Å²) >= 11 is 0. The van der Waals surface area contributed by atoms with Gasteiger partial charge < -0.3 is 39.8 Å². The van der Waals surface area contributed by atoms with Crippen molar-refractivity contribution in [3.05, 3.63) is 78.7 Å². The van der Waals surface area contributed by atoms with E-state index in [9.17, 15) is 18.8 Å². The van der Waals surface area contributed by atoms with Crippen LogP contribution in [0.2, 0.25) is 0 Å². The molecule has 2 saturated heterocycles. The van der Waals surface area contributed by atoms with Crippen LogP contribution in [0, 0.1) is 17.2 Å². The van der Waals surface area contributed by atoms with Crippen molar-refractivity contribution in [2.45, 2.75) is 44.6 Å². The minimum Gasteiger partial charge on any atom is -0.495 e. The normalized spacial score (nSPS) is 17.7. The van der Waals surface area contributed by atoms with E-state index in [1.54, 1.807) is 43.6 Å². The number of rotatable bonds is 13. The van der Waals surface area contributed by atoms with Gasteiger partial charge in [-0.15, -0.1) is 0 Å². The fourth-order valence-corrected chi connectivity index (χ4v) is 7.26. The number of amides is 2. The summed E-state index contributed by atoms with van der Waals surface area (Å²) in [6.07, 6.45) is 6.48. The van der Waals surface area contributed by atoms with Crippen LogP contribution in [0.5, 0.6) is 17.2 Å². The number of ether oxygens (including phenoxy) is 3. The Kier molecular flexibility index (Phi) is 10.7. The molecule has 2 amide bonds. The maximum absolute atomic E-state index is 13.3. The third-order valence-electron chi connectivity index (χ3n) is 10.5. The molecule has 12 nitrogen and oxygen atoms in total. The minimum absolute atomic E-state index is 0.0310. The molecule has 0 atom stereocenters. The molecular weight excluding hydrogens is 681 g/mol. The lowest BCUT2D eigenvalue weighted by atomic mass is 9.94. The largest absolute Gasteiger partial charge is 0.495 e. The fraction of sp³-hybridized carbons (Fsp3) is 0.400. The Labute approximate surface area is 307 Å². The van der Waals surface area contributed by atoms with E-state index in [-0.39, 0.29) is 18.6 Å². The Balaban J connectivity index is 0.943. The van der Waals surface area contributed by atoms with Crippen LogP contribution in [-0.4, -0.2) is 85.3 Å². The summed E-state index contributed by atoms with van der Waals surface area (Å²) in [5.74, 6) is 0.386. The highest BCUT2D eigenvalue weighted by molar-refractivity contribution is 6.16. The van der Waals surface area contributed by atoms with E-state index in [1.165, 1.54) is 24.3 Å². The highest BCUT2D eigenvalue weighted by Crippen LogP contribution is 2.47. The first-order chi connectivity index (χ1) is 25.7. The molecule has 0 unspecified atom stereocenters. The van der Waals surface area contributed by atoms with Crippen molar-refractivity contribution in [2.24, 2.45) is 11.3 Å². The summed E-state index contributed by atoms with van der Waals surface area (Å²) in [6, 6.07) is 18.2. The lowest BCUT2D eigenvalue weighted by molar-refractivity contribution is -0.145. The average Bonchev–Trinajstić information content (AvgIpc) is 3.99. The number of aromatic nitrogens is 1. The number of likely N-dealkylation sites (tertiary alicyclic amines) is 1. The summed E-state index contributed by atoms with van der Waals surface area (Å²) in [7, 11) is 1.67. The lowest BCUT2D eigenvalue weighted by Crippen LogP contribution is -2.43. The molecule has 7 rings (SSSR count). The fourth-order valence-electron chi connectivity index (χ4n) is 7.26. The van der Waals surface area contributed by atoms with Crippen molar-refractivity contribution in [1.82, 2.24) is 9.88 Å². The van der Waals surface area contributed by atoms with Crippen LogP contribution in [0.4, 0.5) is 21.5 Å². The number of nitrogens with zero attached hydrogens (tertiary/aromatic N) is 3. The molecule has 1 saturated carbocycles. The zero-order valence-corrected chi connectivity index (χ0v) is 29.7. The van der Waals surface area contributed by atoms with E-state index in [0.717, 1.165) is 80.7 Å². The van der Waals surface area contributed by atoms with E-state index >= 15 is 0 Å². The van der Waals surface area contributed by atoms with Gasteiger partial charge in [-0.25, -0.2) is 9.18 Å². The van der Waals surface area contributed by atoms with Gasteiger partial charge in [-0.3, -0.25) is 14.6 Å². The SMILES string of the molecule is COc1cc2c(Oc3ccc(NC(=O)C4(C(=O)Nc5ccc(F)cc5)CC4)cc3)ccnc2cc1N1CCC(CN2CCC(OCC(=O)O)CC2)CC1. The van der Waals surface area contributed by atoms with Gasteiger partial charge >= 0.3 is 5.97 Å². The molecule has 13 heteroatoms. The number of nitrogens with one attached hydrogen (secondary N) is 2. The molecule has 2 aliphatic heterocycles. The highest BCUT2D eigenvalue weighted by atomic mass is 19.1. The quantitative estimate of drug-likeness (QED) is 0.134. The van der Waals surface area contributed by atoms with E-state index < -0.39 is 23.1 Å². The number of halogens is 1. The molecule has 3 fully saturated rings. The second-order valence-electron chi connectivity index (χ2n) is 14.1. The molecule has 1 aliphatic carbocycles. The number of fused-ring (bicyclic) bond motifs is 1. The number of hydrogen-bond donors (Lipinski definition) is 3. The van der Waals surface area contributed by atoms with E-state index in [2.05, 4.69) is 31.5 Å². The van der Waals surface area contributed by atoms with Crippen molar-refractivity contribution in [3.63, 3.8) is 0 Å². The average molecular weight is 726 g/mol. The molecular formula is C40H44FN5O7. The Morgan fingerprint density at radius 2 is 1.51 bits per heavy atom. The minimum atomic E-state index is -1.16. The molecule has 278 valence electrons. The summed E-state index contributed by atoms with van der Waals surface area (Å²) in [6.45, 7) is 4.49. The number of carbonyl (C=O) groups is 3. The Hall–Kier alpha value is -5.27. The van der Waals surface area contributed by atoms with Gasteiger partial charge in [0.2, 0.25) is 11.8 Å². The van der Waals surface area contributed by atoms with Crippen molar-refractivity contribution in [3.8, 4) is 17.2 Å². The standard InChI is InChI=1S/C40H44FN5O7/c1-51-36-22-32-33(23-34(36)46-20-11-26(12-21-46)24-45-18-13-30(14-19-45)52-25-37(47)48)42-17-10-35(32)53-31-8-6-29(7-9-31)44-39(50)40(15-16-40)38(49)43-28-4-2-27(41)3-5-28/h2-10,17,22-23,26,30H,11-16,18-21,24-25H2,1H3,(H,43,49)(H,44,50)(H,47,48). The van der Waals surface area contributed by atoms with Crippen LogP contribution >= 0.6 is 0 Å². The van der Waals surface area contributed by atoms with Gasteiger partial charge in [0.05, 0.1) is 24.4 Å². The predicted octanol–water partition coefficient (Wildman–Crippen LogP) is 6.31. The first-order valence-electron chi connectivity index (χ1n) is 18.1. The number of aliphatic carboxylic acids is 1. The van der Waals surface area contributed by atoms with E-state index in [4.69, 9.17) is 19.3 Å². The zero-order valence-electron chi connectivity index (χ0n) is 29.7. The van der Waals surface area contributed by atoms with Crippen LogP contribution < -0.4 is 25.0 Å². The van der Waals surface area contributed by atoms with E-state index in [1.807, 2.05) is 6.07 Å². The monoisotopic (exact) mass is 725 g/mol. The molecule has 3 aromatic carbocycles. The first kappa shape index (κ1) is 36.1. The number of pyridine rings is 1. The van der Waals surface area contributed by atoms with Crippen LogP contribution in [0.25, 0.3) is 10.9 Å². The molecule has 4 aromatic rings. The Morgan fingerprint density at radius 3 is 2.11 bits per heavy atom. The van der Waals surface area contributed by atoms with Gasteiger partial charge in [-0.2, -0.15) is 0 Å². The van der Waals surface area contributed by atoms with Crippen LogP contribution in [0.1, 0.15) is 38.5 Å². The van der Waals surface area contributed by atoms with E-state index in [0.29, 0.717) is 41.6 Å². The number of hydrogen-bond acceptors (Lipinski definition) is 9. The van der Waals surface area contributed by atoms with Gasteiger partial charge in [0.15, 0.2) is 0 Å². The maximum Gasteiger partial charge on any atom is 0.329 e. The maximum atomic E-state index is 13.3. The summed E-state index contributed by atoms with van der Waals surface area (Å²) < 4.78 is 30.9. The zero-order chi connectivity index (χ0) is 37.0. The summed E-state index contributed by atoms with van der Waals surface area (Å²) in [5, 5.41) is 15.3. The van der Waals surface area contributed by atoms with Gasteiger partial charge in [-0.05, 0) is 111 Å². The summed E-state index contributed by atoms with van der Waals surface area (Å²) in [4.78, 5) is 46.4. The number of methoxy groups -OCH3 is 1. The molecule has 0 radical (unpaired) electrons. The predicted molar refractivity (Wildman–Crippen MR) is 198 cm³/mol. The van der Waals surface area contributed by atoms with Gasteiger partial charge in [-0.1, -0.05) is 0 Å². The number of anilines is 3. The second-order valence-corrected chi connectivity index (χ2v) is 14.1. The van der Waals surface area contributed by atoms with Crippen LogP contribution in [0.15, 0.2) is 72.9 Å². The van der Waals surface area contributed by atoms with Crippen LogP contribution in [0.3, 0.4) is 0 Å². The number of piperidine rings is 2. The first-order valence-corrected chi connectivity index (χ1v) is 18.1. The summed E-state index contributed by atoms with van der Waals surface area (Å²) in [5.41, 5.74) is 1.59. The molecule has 0 bridgehead atoms. The van der Waals surface area contributed by atoms with Crippen molar-refractivity contribution in [2.75, 3.05) is 62.0 Å². The molecule has 53 heavy (non-hydrogen) atoms. The molecule has 1 aromatic heterocycles. The topological polar surface area (TPSA) is 143 Å².